The lowest BCUT2D eigenvalue weighted by atomic mass is 10.1. The van der Waals surface area contributed by atoms with Crippen LogP contribution in [-0.4, -0.2) is 23.1 Å². The fraction of sp³-hybridized carbons (Fsp3) is 0.150. The molecule has 0 bridgehead atoms. The highest BCUT2D eigenvalue weighted by molar-refractivity contribution is 7.07. The van der Waals surface area contributed by atoms with Crippen LogP contribution in [0.15, 0.2) is 65.1 Å². The zero-order valence-electron chi connectivity index (χ0n) is 14.8. The lowest BCUT2D eigenvalue weighted by Crippen LogP contribution is -2.20. The first-order chi connectivity index (χ1) is 13.0. The number of nitrogens with zero attached hydrogens (tertiary/aromatic N) is 2. The average Bonchev–Trinajstić information content (AvgIpc) is 3.09. The summed E-state index contributed by atoms with van der Waals surface area (Å²) in [6.07, 6.45) is 1.87. The second-order valence-electron chi connectivity index (χ2n) is 6.00. The predicted octanol–water partition coefficient (Wildman–Crippen LogP) is 2.77. The van der Waals surface area contributed by atoms with E-state index in [4.69, 9.17) is 10.5 Å². The topological polar surface area (TPSA) is 86.7 Å². The van der Waals surface area contributed by atoms with E-state index in [0.717, 1.165) is 5.56 Å². The van der Waals surface area contributed by atoms with Crippen LogP contribution in [0.5, 0.6) is 0 Å². The van der Waals surface area contributed by atoms with Gasteiger partial charge in [0.1, 0.15) is 0 Å². The number of esters is 1. The van der Waals surface area contributed by atoms with Gasteiger partial charge in [0.05, 0.1) is 5.56 Å². The number of nitrogens with two attached hydrogens (primary N) is 1. The number of rotatable bonds is 5. The maximum atomic E-state index is 12.1. The standard InChI is InChI=1S/C20H19N3O3S/c1-14-2-4-15(5-3-14)12-23-10-11-27-20(23)22-18(24)13-26-19(25)16-6-8-17(21)9-7-16/h2-11H,12-13,21H2,1H3. The Bertz CT molecular complexity index is 1000. The highest BCUT2D eigenvalue weighted by Gasteiger charge is 2.10. The van der Waals surface area contributed by atoms with Crippen LogP contribution in [0.3, 0.4) is 0 Å². The van der Waals surface area contributed by atoms with Crippen LogP contribution in [0.4, 0.5) is 5.69 Å². The molecule has 27 heavy (non-hydrogen) atoms. The van der Waals surface area contributed by atoms with Crippen molar-refractivity contribution in [3.8, 4) is 0 Å². The number of benzene rings is 2. The molecule has 0 fully saturated rings. The summed E-state index contributed by atoms with van der Waals surface area (Å²) in [5.74, 6) is -1.10. The predicted molar refractivity (Wildman–Crippen MR) is 104 cm³/mol. The summed E-state index contributed by atoms with van der Waals surface area (Å²) in [5.41, 5.74) is 8.77. The van der Waals surface area contributed by atoms with E-state index >= 15 is 0 Å². The number of anilines is 1. The SMILES string of the molecule is Cc1ccc(Cn2ccsc2=NC(=O)COC(=O)c2ccc(N)cc2)cc1. The molecule has 7 heteroatoms. The van der Waals surface area contributed by atoms with Gasteiger partial charge >= 0.3 is 5.97 Å². The van der Waals surface area contributed by atoms with Crippen LogP contribution in [0.25, 0.3) is 0 Å². The van der Waals surface area contributed by atoms with Crippen LogP contribution < -0.4 is 10.5 Å². The molecule has 1 aromatic heterocycles. The zero-order chi connectivity index (χ0) is 19.2. The van der Waals surface area contributed by atoms with Crippen LogP contribution >= 0.6 is 11.3 Å². The van der Waals surface area contributed by atoms with Crippen molar-refractivity contribution in [3.05, 3.63) is 81.6 Å². The molecule has 1 amide bonds. The van der Waals surface area contributed by atoms with Gasteiger partial charge in [0.15, 0.2) is 11.4 Å². The van der Waals surface area contributed by atoms with Gasteiger partial charge in [-0.25, -0.2) is 4.79 Å². The van der Waals surface area contributed by atoms with E-state index in [0.29, 0.717) is 22.6 Å². The number of carbonyl (C=O) groups is 2. The van der Waals surface area contributed by atoms with E-state index in [1.54, 1.807) is 24.3 Å². The third-order valence-electron chi connectivity index (χ3n) is 3.83. The monoisotopic (exact) mass is 381 g/mol. The van der Waals surface area contributed by atoms with E-state index in [-0.39, 0.29) is 0 Å². The second kappa shape index (κ2) is 8.46. The molecule has 0 saturated heterocycles. The molecule has 138 valence electrons. The fourth-order valence-corrected chi connectivity index (χ4v) is 3.11. The van der Waals surface area contributed by atoms with Gasteiger partial charge in [-0.2, -0.15) is 4.99 Å². The largest absolute Gasteiger partial charge is 0.452 e. The number of amides is 1. The summed E-state index contributed by atoms with van der Waals surface area (Å²) in [7, 11) is 0. The number of thiazole rings is 1. The van der Waals surface area contributed by atoms with Crippen molar-refractivity contribution in [1.82, 2.24) is 4.57 Å². The van der Waals surface area contributed by atoms with Crippen molar-refractivity contribution < 1.29 is 14.3 Å². The molecule has 0 unspecified atom stereocenters. The quantitative estimate of drug-likeness (QED) is 0.544. The molecule has 0 atom stereocenters. The minimum atomic E-state index is -0.586. The fourth-order valence-electron chi connectivity index (χ4n) is 2.37. The van der Waals surface area contributed by atoms with Crippen molar-refractivity contribution in [2.75, 3.05) is 12.3 Å². The lowest BCUT2D eigenvalue weighted by molar-refractivity contribution is -0.121. The van der Waals surface area contributed by atoms with E-state index in [1.807, 2.05) is 47.3 Å². The summed E-state index contributed by atoms with van der Waals surface area (Å²) in [6.45, 7) is 2.24. The Morgan fingerprint density at radius 2 is 1.81 bits per heavy atom. The molecule has 0 spiro atoms. The van der Waals surface area contributed by atoms with Crippen LogP contribution in [0.2, 0.25) is 0 Å². The molecule has 1 heterocycles. The van der Waals surface area contributed by atoms with Gasteiger partial charge in [-0.05, 0) is 36.8 Å². The van der Waals surface area contributed by atoms with Crippen molar-refractivity contribution >= 4 is 28.9 Å². The summed E-state index contributed by atoms with van der Waals surface area (Å²) >= 11 is 1.35. The molecular formula is C20H19N3O3S. The molecule has 3 aromatic rings. The van der Waals surface area contributed by atoms with Crippen molar-refractivity contribution in [2.45, 2.75) is 13.5 Å². The number of ether oxygens (including phenoxy) is 1. The lowest BCUT2D eigenvalue weighted by Gasteiger charge is -2.04. The second-order valence-corrected chi connectivity index (χ2v) is 6.88. The normalized spacial score (nSPS) is 11.4. The highest BCUT2D eigenvalue weighted by Crippen LogP contribution is 2.07. The van der Waals surface area contributed by atoms with Gasteiger partial charge in [-0.15, -0.1) is 11.3 Å². The maximum Gasteiger partial charge on any atom is 0.338 e. The third-order valence-corrected chi connectivity index (χ3v) is 4.62. The van der Waals surface area contributed by atoms with Crippen molar-refractivity contribution in [1.29, 1.82) is 0 Å². The van der Waals surface area contributed by atoms with E-state index < -0.39 is 18.5 Å². The van der Waals surface area contributed by atoms with Gasteiger partial charge in [-0.1, -0.05) is 29.8 Å². The van der Waals surface area contributed by atoms with Gasteiger partial charge < -0.3 is 15.0 Å². The summed E-state index contributed by atoms with van der Waals surface area (Å²) in [6, 6.07) is 14.5. The molecule has 0 saturated carbocycles. The maximum absolute atomic E-state index is 12.1. The number of hydrogen-bond acceptors (Lipinski definition) is 5. The van der Waals surface area contributed by atoms with Crippen LogP contribution in [0, 0.1) is 6.92 Å². The van der Waals surface area contributed by atoms with E-state index in [1.165, 1.54) is 16.9 Å². The van der Waals surface area contributed by atoms with E-state index in [2.05, 4.69) is 4.99 Å². The first-order valence-electron chi connectivity index (χ1n) is 8.31. The molecule has 0 aliphatic rings. The Morgan fingerprint density at radius 3 is 2.52 bits per heavy atom. The molecular weight excluding hydrogens is 362 g/mol. The molecule has 0 aliphatic heterocycles. The summed E-state index contributed by atoms with van der Waals surface area (Å²) in [4.78, 5) is 28.6. The molecule has 3 rings (SSSR count). The average molecular weight is 381 g/mol. The summed E-state index contributed by atoms with van der Waals surface area (Å²) < 4.78 is 6.91. The number of hydrogen-bond donors (Lipinski definition) is 1. The van der Waals surface area contributed by atoms with E-state index in [9.17, 15) is 9.59 Å². The molecule has 2 N–H and O–H groups in total. The Hall–Kier alpha value is -3.19. The molecule has 2 aromatic carbocycles. The Balaban J connectivity index is 1.63. The molecule has 6 nitrogen and oxygen atoms in total. The third kappa shape index (κ3) is 5.15. The highest BCUT2D eigenvalue weighted by atomic mass is 32.1. The summed E-state index contributed by atoms with van der Waals surface area (Å²) in [5, 5.41) is 1.86. The first kappa shape index (κ1) is 18.6. The number of aryl methyl sites for hydroxylation is 1. The molecule has 0 aliphatic carbocycles. The van der Waals surface area contributed by atoms with Gasteiger partial charge in [-0.3, -0.25) is 4.79 Å². The Labute approximate surface area is 160 Å². The Morgan fingerprint density at radius 1 is 1.11 bits per heavy atom. The number of aromatic nitrogens is 1. The minimum absolute atomic E-state index is 0.336. The smallest absolute Gasteiger partial charge is 0.338 e. The first-order valence-corrected chi connectivity index (χ1v) is 9.19. The zero-order valence-corrected chi connectivity index (χ0v) is 15.6. The van der Waals surface area contributed by atoms with Crippen molar-refractivity contribution in [2.24, 2.45) is 4.99 Å². The van der Waals surface area contributed by atoms with Gasteiger partial charge in [0.2, 0.25) is 0 Å². The Kier molecular flexibility index (Phi) is 5.83. The number of carbonyl (C=O) groups excluding carboxylic acids is 2. The van der Waals surface area contributed by atoms with Gasteiger partial charge in [0.25, 0.3) is 5.91 Å². The minimum Gasteiger partial charge on any atom is -0.452 e. The van der Waals surface area contributed by atoms with Crippen molar-refractivity contribution in [3.63, 3.8) is 0 Å². The van der Waals surface area contributed by atoms with Gasteiger partial charge in [0, 0.05) is 23.8 Å². The number of nitrogen functional groups attached to an aromatic ring is 1. The molecule has 0 radical (unpaired) electrons. The van der Waals surface area contributed by atoms with Crippen LogP contribution in [-0.2, 0) is 16.1 Å². The van der Waals surface area contributed by atoms with Crippen LogP contribution in [0.1, 0.15) is 21.5 Å².